The van der Waals surface area contributed by atoms with Crippen LogP contribution in [0.15, 0.2) is 42.6 Å². The molecule has 3 aromatic rings. The van der Waals surface area contributed by atoms with Crippen molar-refractivity contribution in [3.63, 3.8) is 0 Å². The van der Waals surface area contributed by atoms with Gasteiger partial charge in [-0.05, 0) is 51.0 Å². The summed E-state index contributed by atoms with van der Waals surface area (Å²) in [6, 6.07) is 11.8. The number of hydrogen-bond donors (Lipinski definition) is 1. The third-order valence-electron chi connectivity index (χ3n) is 3.54. The number of rotatable bonds is 3. The van der Waals surface area contributed by atoms with Crippen LogP contribution in [0.2, 0.25) is 0 Å². The summed E-state index contributed by atoms with van der Waals surface area (Å²) >= 11 is 0. The standard InChI is InChI=1S/C19H22N4O2/c1-13-9-10-23-16(11-13)21-17(22-23)15-7-5-14(6-8-15)12-20-18(24)25-19(2,3)4/h5-11H,12H2,1-4H3,(H,20,24). The Labute approximate surface area is 146 Å². The van der Waals surface area contributed by atoms with Crippen molar-refractivity contribution in [1.82, 2.24) is 19.9 Å². The van der Waals surface area contributed by atoms with Crippen molar-refractivity contribution in [3.8, 4) is 11.4 Å². The van der Waals surface area contributed by atoms with Crippen LogP contribution >= 0.6 is 0 Å². The fraction of sp³-hybridized carbons (Fsp3) is 0.316. The number of carbonyl (C=O) groups is 1. The highest BCUT2D eigenvalue weighted by molar-refractivity contribution is 5.67. The Balaban J connectivity index is 1.68. The number of nitrogens with zero attached hydrogens (tertiary/aromatic N) is 3. The molecule has 0 aliphatic heterocycles. The number of carbonyl (C=O) groups excluding carboxylic acids is 1. The SMILES string of the molecule is Cc1ccn2nc(-c3ccc(CNC(=O)OC(C)(C)C)cc3)nc2c1. The largest absolute Gasteiger partial charge is 0.444 e. The number of pyridine rings is 1. The normalized spacial score (nSPS) is 11.5. The van der Waals surface area contributed by atoms with Gasteiger partial charge in [0.1, 0.15) is 5.60 Å². The second-order valence-electron chi connectivity index (χ2n) is 6.99. The van der Waals surface area contributed by atoms with Crippen molar-refractivity contribution >= 4 is 11.7 Å². The van der Waals surface area contributed by atoms with E-state index in [9.17, 15) is 4.79 Å². The first kappa shape index (κ1) is 17.0. The number of nitrogens with one attached hydrogen (secondary N) is 1. The molecule has 0 atom stereocenters. The van der Waals surface area contributed by atoms with Crippen molar-refractivity contribution in [2.45, 2.75) is 39.8 Å². The van der Waals surface area contributed by atoms with Gasteiger partial charge in [0, 0.05) is 18.3 Å². The lowest BCUT2D eigenvalue weighted by Gasteiger charge is -2.19. The first-order chi connectivity index (χ1) is 11.8. The number of fused-ring (bicyclic) bond motifs is 1. The molecule has 130 valence electrons. The molecule has 0 radical (unpaired) electrons. The fourth-order valence-corrected chi connectivity index (χ4v) is 2.37. The molecule has 6 nitrogen and oxygen atoms in total. The van der Waals surface area contributed by atoms with E-state index >= 15 is 0 Å². The van der Waals surface area contributed by atoms with Crippen LogP contribution in [0.4, 0.5) is 4.79 Å². The predicted octanol–water partition coefficient (Wildman–Crippen LogP) is 3.73. The zero-order valence-electron chi connectivity index (χ0n) is 14.9. The van der Waals surface area contributed by atoms with Crippen LogP contribution in [0, 0.1) is 6.92 Å². The Hall–Kier alpha value is -2.89. The molecule has 25 heavy (non-hydrogen) atoms. The van der Waals surface area contributed by atoms with Gasteiger partial charge in [-0.3, -0.25) is 0 Å². The van der Waals surface area contributed by atoms with Crippen LogP contribution in [-0.4, -0.2) is 26.3 Å². The van der Waals surface area contributed by atoms with Gasteiger partial charge in [0.05, 0.1) is 0 Å². The molecule has 0 saturated heterocycles. The Kier molecular flexibility index (Phi) is 4.44. The maximum atomic E-state index is 11.7. The van der Waals surface area contributed by atoms with Crippen molar-refractivity contribution in [1.29, 1.82) is 0 Å². The molecule has 1 amide bonds. The summed E-state index contributed by atoms with van der Waals surface area (Å²) in [4.78, 5) is 16.2. The number of aryl methyl sites for hydroxylation is 1. The van der Waals surface area contributed by atoms with E-state index in [2.05, 4.69) is 15.4 Å². The quantitative estimate of drug-likeness (QED) is 0.790. The fourth-order valence-electron chi connectivity index (χ4n) is 2.37. The topological polar surface area (TPSA) is 68.5 Å². The molecule has 0 fully saturated rings. The zero-order chi connectivity index (χ0) is 18.0. The summed E-state index contributed by atoms with van der Waals surface area (Å²) in [5, 5.41) is 7.23. The lowest BCUT2D eigenvalue weighted by molar-refractivity contribution is 0.0523. The van der Waals surface area contributed by atoms with Gasteiger partial charge in [-0.2, -0.15) is 0 Å². The number of hydrogen-bond acceptors (Lipinski definition) is 4. The first-order valence-corrected chi connectivity index (χ1v) is 8.19. The predicted molar refractivity (Wildman–Crippen MR) is 96.2 cm³/mol. The molecule has 1 N–H and O–H groups in total. The minimum atomic E-state index is -0.499. The average Bonchev–Trinajstić information content (AvgIpc) is 2.95. The van der Waals surface area contributed by atoms with Gasteiger partial charge < -0.3 is 10.1 Å². The van der Waals surface area contributed by atoms with E-state index < -0.39 is 11.7 Å². The molecule has 0 unspecified atom stereocenters. The lowest BCUT2D eigenvalue weighted by atomic mass is 10.1. The third kappa shape index (κ3) is 4.35. The second kappa shape index (κ2) is 6.55. The molecular weight excluding hydrogens is 316 g/mol. The van der Waals surface area contributed by atoms with Crippen molar-refractivity contribution in [3.05, 3.63) is 53.7 Å². The van der Waals surface area contributed by atoms with Gasteiger partial charge in [0.15, 0.2) is 11.5 Å². The summed E-state index contributed by atoms with van der Waals surface area (Å²) < 4.78 is 6.99. The third-order valence-corrected chi connectivity index (χ3v) is 3.54. The van der Waals surface area contributed by atoms with Crippen LogP contribution < -0.4 is 5.32 Å². The van der Waals surface area contributed by atoms with Crippen LogP contribution in [0.25, 0.3) is 17.0 Å². The summed E-state index contributed by atoms with van der Waals surface area (Å²) in [6.45, 7) is 7.95. The van der Waals surface area contributed by atoms with Crippen LogP contribution in [0.5, 0.6) is 0 Å². The zero-order valence-corrected chi connectivity index (χ0v) is 14.9. The van der Waals surface area contributed by atoms with E-state index in [1.807, 2.05) is 70.3 Å². The molecule has 6 heteroatoms. The highest BCUT2D eigenvalue weighted by atomic mass is 16.6. The molecule has 2 heterocycles. The summed E-state index contributed by atoms with van der Waals surface area (Å²) in [6.07, 6.45) is 1.48. The van der Waals surface area contributed by atoms with Crippen molar-refractivity contribution in [2.24, 2.45) is 0 Å². The van der Waals surface area contributed by atoms with Gasteiger partial charge in [0.2, 0.25) is 0 Å². The highest BCUT2D eigenvalue weighted by Crippen LogP contribution is 2.17. The Bertz CT molecular complexity index is 892. The van der Waals surface area contributed by atoms with E-state index in [0.717, 1.165) is 22.3 Å². The molecule has 0 spiro atoms. The van der Waals surface area contributed by atoms with E-state index in [1.54, 1.807) is 4.52 Å². The molecule has 0 aliphatic carbocycles. The lowest BCUT2D eigenvalue weighted by Crippen LogP contribution is -2.32. The Morgan fingerprint density at radius 3 is 2.60 bits per heavy atom. The molecule has 3 rings (SSSR count). The Morgan fingerprint density at radius 1 is 1.20 bits per heavy atom. The number of amides is 1. The molecule has 0 saturated carbocycles. The van der Waals surface area contributed by atoms with E-state index in [4.69, 9.17) is 4.74 Å². The number of alkyl carbamates (subject to hydrolysis) is 1. The maximum Gasteiger partial charge on any atom is 0.407 e. The van der Waals surface area contributed by atoms with Gasteiger partial charge in [0.25, 0.3) is 0 Å². The molecular formula is C19H22N4O2. The molecule has 1 aromatic carbocycles. The van der Waals surface area contributed by atoms with Gasteiger partial charge in [-0.1, -0.05) is 24.3 Å². The number of ether oxygens (including phenoxy) is 1. The van der Waals surface area contributed by atoms with Gasteiger partial charge >= 0.3 is 6.09 Å². The monoisotopic (exact) mass is 338 g/mol. The average molecular weight is 338 g/mol. The summed E-state index contributed by atoms with van der Waals surface area (Å²) in [7, 11) is 0. The summed E-state index contributed by atoms with van der Waals surface area (Å²) in [5.74, 6) is 0.678. The number of benzene rings is 1. The smallest absolute Gasteiger partial charge is 0.407 e. The van der Waals surface area contributed by atoms with Crippen LogP contribution in [-0.2, 0) is 11.3 Å². The maximum absolute atomic E-state index is 11.7. The number of aromatic nitrogens is 3. The summed E-state index contributed by atoms with van der Waals surface area (Å²) in [5.41, 5.74) is 3.39. The molecule has 0 aliphatic rings. The van der Waals surface area contributed by atoms with E-state index in [0.29, 0.717) is 12.4 Å². The second-order valence-corrected chi connectivity index (χ2v) is 6.99. The highest BCUT2D eigenvalue weighted by Gasteiger charge is 2.15. The Morgan fingerprint density at radius 2 is 1.92 bits per heavy atom. The first-order valence-electron chi connectivity index (χ1n) is 8.19. The molecule has 0 bridgehead atoms. The minimum absolute atomic E-state index is 0.410. The van der Waals surface area contributed by atoms with Gasteiger partial charge in [-0.15, -0.1) is 5.10 Å². The molecule has 2 aromatic heterocycles. The van der Waals surface area contributed by atoms with E-state index in [1.165, 1.54) is 0 Å². The minimum Gasteiger partial charge on any atom is -0.444 e. The van der Waals surface area contributed by atoms with E-state index in [-0.39, 0.29) is 0 Å². The van der Waals surface area contributed by atoms with Crippen molar-refractivity contribution < 1.29 is 9.53 Å². The van der Waals surface area contributed by atoms with Crippen molar-refractivity contribution in [2.75, 3.05) is 0 Å². The van der Waals surface area contributed by atoms with Crippen LogP contribution in [0.1, 0.15) is 31.9 Å². The van der Waals surface area contributed by atoms with Gasteiger partial charge in [-0.25, -0.2) is 14.3 Å². The van der Waals surface area contributed by atoms with Crippen LogP contribution in [0.3, 0.4) is 0 Å².